The summed E-state index contributed by atoms with van der Waals surface area (Å²) in [5.41, 5.74) is 0.459. The van der Waals surface area contributed by atoms with Crippen molar-refractivity contribution in [3.05, 3.63) is 70.5 Å². The third kappa shape index (κ3) is 4.56. The molecule has 10 heteroatoms. The molecule has 2 aromatic carbocycles. The molecule has 0 bridgehead atoms. The first-order valence-electron chi connectivity index (χ1n) is 8.28. The van der Waals surface area contributed by atoms with Crippen LogP contribution in [-0.2, 0) is 4.74 Å². The third-order valence-electron chi connectivity index (χ3n) is 3.81. The smallest absolute Gasteiger partial charge is 0.373 e. The van der Waals surface area contributed by atoms with Crippen molar-refractivity contribution in [2.45, 2.75) is 0 Å². The molecule has 0 radical (unpaired) electrons. The van der Waals surface area contributed by atoms with Gasteiger partial charge in [0.25, 0.3) is 0 Å². The van der Waals surface area contributed by atoms with Gasteiger partial charge in [-0.1, -0.05) is 0 Å². The van der Waals surface area contributed by atoms with E-state index in [0.29, 0.717) is 17.0 Å². The summed E-state index contributed by atoms with van der Waals surface area (Å²) in [7, 11) is 2.81. The first-order chi connectivity index (χ1) is 14.0. The van der Waals surface area contributed by atoms with E-state index in [4.69, 9.17) is 9.47 Å². The topological polar surface area (TPSA) is 126 Å². The molecule has 1 N–H and O–H groups in total. The van der Waals surface area contributed by atoms with Crippen LogP contribution in [0.25, 0.3) is 0 Å². The van der Waals surface area contributed by atoms with Gasteiger partial charge >= 0.3 is 17.5 Å². The van der Waals surface area contributed by atoms with E-state index in [9.17, 15) is 14.9 Å². The van der Waals surface area contributed by atoms with Crippen LogP contribution in [0.5, 0.6) is 17.4 Å². The first kappa shape index (κ1) is 19.5. The summed E-state index contributed by atoms with van der Waals surface area (Å²) in [5, 5.41) is 14.5. The highest BCUT2D eigenvalue weighted by molar-refractivity contribution is 5.89. The number of carbonyl (C=O) groups is 1. The highest BCUT2D eigenvalue weighted by Gasteiger charge is 2.25. The number of carbonyl (C=O) groups excluding carboxylic acids is 1. The Morgan fingerprint density at radius 1 is 1.00 bits per heavy atom. The molecular weight excluding hydrogens is 380 g/mol. The first-order valence-corrected chi connectivity index (χ1v) is 8.28. The van der Waals surface area contributed by atoms with Gasteiger partial charge in [-0.05, 0) is 48.5 Å². The number of hydrogen-bond acceptors (Lipinski definition) is 9. The molecule has 1 heterocycles. The standard InChI is InChI=1S/C19H16N4O6/c1-27-14-9-5-13(6-10-14)22-17-16(23(25)26)18(21-11-20-17)29-15-7-3-12(4-8-15)19(24)28-2/h3-11H,1-2H3,(H,20,21,22). The molecule has 0 saturated heterocycles. The second kappa shape index (κ2) is 8.65. The Kier molecular flexibility index (Phi) is 5.83. The summed E-state index contributed by atoms with van der Waals surface area (Å²) >= 11 is 0. The van der Waals surface area contributed by atoms with Crippen molar-refractivity contribution in [3.63, 3.8) is 0 Å². The lowest BCUT2D eigenvalue weighted by Gasteiger charge is -2.10. The Hall–Kier alpha value is -4.21. The Balaban J connectivity index is 1.88. The number of aromatic nitrogens is 2. The number of methoxy groups -OCH3 is 2. The van der Waals surface area contributed by atoms with E-state index in [1.54, 1.807) is 31.4 Å². The average molecular weight is 396 g/mol. The van der Waals surface area contributed by atoms with E-state index < -0.39 is 16.6 Å². The molecular formula is C19H16N4O6. The van der Waals surface area contributed by atoms with Crippen molar-refractivity contribution < 1.29 is 23.9 Å². The van der Waals surface area contributed by atoms with Gasteiger partial charge in [-0.3, -0.25) is 10.1 Å². The highest BCUT2D eigenvalue weighted by atomic mass is 16.6. The van der Waals surface area contributed by atoms with Gasteiger partial charge < -0.3 is 19.5 Å². The third-order valence-corrected chi connectivity index (χ3v) is 3.81. The van der Waals surface area contributed by atoms with Crippen LogP contribution in [0.3, 0.4) is 0 Å². The quantitative estimate of drug-likeness (QED) is 0.361. The zero-order valence-electron chi connectivity index (χ0n) is 15.5. The molecule has 0 spiro atoms. The van der Waals surface area contributed by atoms with E-state index >= 15 is 0 Å². The summed E-state index contributed by atoms with van der Waals surface area (Å²) < 4.78 is 15.3. The van der Waals surface area contributed by atoms with Crippen LogP contribution in [0.1, 0.15) is 10.4 Å². The van der Waals surface area contributed by atoms with Crippen molar-refractivity contribution in [1.29, 1.82) is 0 Å². The van der Waals surface area contributed by atoms with Crippen LogP contribution in [0, 0.1) is 10.1 Å². The number of nitro groups is 1. The largest absolute Gasteiger partial charge is 0.497 e. The number of benzene rings is 2. The van der Waals surface area contributed by atoms with Crippen molar-refractivity contribution in [2.75, 3.05) is 19.5 Å². The van der Waals surface area contributed by atoms with Crippen molar-refractivity contribution in [1.82, 2.24) is 9.97 Å². The van der Waals surface area contributed by atoms with Crippen LogP contribution in [0.2, 0.25) is 0 Å². The van der Waals surface area contributed by atoms with Gasteiger partial charge in [-0.2, -0.15) is 4.98 Å². The van der Waals surface area contributed by atoms with Crippen LogP contribution >= 0.6 is 0 Å². The fraction of sp³-hybridized carbons (Fsp3) is 0.105. The van der Waals surface area contributed by atoms with Gasteiger partial charge in [0.05, 0.1) is 24.7 Å². The Morgan fingerprint density at radius 2 is 1.66 bits per heavy atom. The van der Waals surface area contributed by atoms with E-state index in [2.05, 4.69) is 20.0 Å². The van der Waals surface area contributed by atoms with E-state index in [1.807, 2.05) is 0 Å². The van der Waals surface area contributed by atoms with Crippen LogP contribution in [0.4, 0.5) is 17.2 Å². The van der Waals surface area contributed by atoms with Gasteiger partial charge in [0.15, 0.2) is 0 Å². The maximum absolute atomic E-state index is 11.6. The molecule has 0 aliphatic carbocycles. The molecule has 10 nitrogen and oxygen atoms in total. The van der Waals surface area contributed by atoms with Gasteiger partial charge in [0, 0.05) is 5.69 Å². The summed E-state index contributed by atoms with van der Waals surface area (Å²) in [6.45, 7) is 0. The SMILES string of the molecule is COC(=O)c1ccc(Oc2ncnc(Nc3ccc(OC)cc3)c2[N+](=O)[O-])cc1. The van der Waals surface area contributed by atoms with E-state index in [1.165, 1.54) is 31.4 Å². The second-order valence-electron chi connectivity index (χ2n) is 5.60. The molecule has 1 aromatic heterocycles. The van der Waals surface area contributed by atoms with E-state index in [-0.39, 0.29) is 17.4 Å². The van der Waals surface area contributed by atoms with Crippen LogP contribution in [0.15, 0.2) is 54.9 Å². The normalized spacial score (nSPS) is 10.1. The molecule has 0 fully saturated rings. The lowest BCUT2D eigenvalue weighted by Crippen LogP contribution is -2.04. The molecule has 29 heavy (non-hydrogen) atoms. The maximum atomic E-state index is 11.6. The van der Waals surface area contributed by atoms with E-state index in [0.717, 1.165) is 6.33 Å². The predicted molar refractivity (Wildman–Crippen MR) is 103 cm³/mol. The number of nitrogens with zero attached hydrogens (tertiary/aromatic N) is 3. The fourth-order valence-corrected chi connectivity index (χ4v) is 2.39. The molecule has 0 atom stereocenters. The summed E-state index contributed by atoms with van der Waals surface area (Å²) in [4.78, 5) is 30.3. The number of rotatable bonds is 7. The predicted octanol–water partition coefficient (Wildman–Crippen LogP) is 3.72. The van der Waals surface area contributed by atoms with Crippen molar-refractivity contribution in [2.24, 2.45) is 0 Å². The number of ether oxygens (including phenoxy) is 3. The van der Waals surface area contributed by atoms with Crippen molar-refractivity contribution in [3.8, 4) is 17.4 Å². The number of esters is 1. The monoisotopic (exact) mass is 396 g/mol. The molecule has 0 aliphatic heterocycles. The van der Waals surface area contributed by atoms with Gasteiger partial charge in [-0.15, -0.1) is 0 Å². The molecule has 3 rings (SSSR count). The van der Waals surface area contributed by atoms with Gasteiger partial charge in [0.1, 0.15) is 17.8 Å². The minimum atomic E-state index is -0.635. The maximum Gasteiger partial charge on any atom is 0.373 e. The summed E-state index contributed by atoms with van der Waals surface area (Å²) in [5.74, 6) is 0.126. The fourth-order valence-electron chi connectivity index (χ4n) is 2.39. The summed E-state index contributed by atoms with van der Waals surface area (Å²) in [6.07, 6.45) is 1.15. The lowest BCUT2D eigenvalue weighted by atomic mass is 10.2. The number of anilines is 2. The Labute approximate surface area is 165 Å². The molecule has 3 aromatic rings. The van der Waals surface area contributed by atoms with Crippen LogP contribution in [-0.4, -0.2) is 35.1 Å². The molecule has 0 unspecified atom stereocenters. The molecule has 148 valence electrons. The zero-order chi connectivity index (χ0) is 20.8. The lowest BCUT2D eigenvalue weighted by molar-refractivity contribution is -0.385. The van der Waals surface area contributed by atoms with Crippen LogP contribution < -0.4 is 14.8 Å². The van der Waals surface area contributed by atoms with Gasteiger partial charge in [-0.25, -0.2) is 9.78 Å². The average Bonchev–Trinajstić information content (AvgIpc) is 2.74. The van der Waals surface area contributed by atoms with Crippen molar-refractivity contribution >= 4 is 23.2 Å². The molecule has 0 saturated carbocycles. The minimum Gasteiger partial charge on any atom is -0.497 e. The molecule has 0 aliphatic rings. The van der Waals surface area contributed by atoms with Gasteiger partial charge in [0.2, 0.25) is 5.82 Å². The summed E-state index contributed by atoms with van der Waals surface area (Å²) in [6, 6.07) is 12.7. The molecule has 0 amide bonds. The number of hydrogen-bond donors (Lipinski definition) is 1. The highest BCUT2D eigenvalue weighted by Crippen LogP contribution is 2.35. The Morgan fingerprint density at radius 3 is 2.24 bits per heavy atom. The zero-order valence-corrected chi connectivity index (χ0v) is 15.5. The second-order valence-corrected chi connectivity index (χ2v) is 5.60. The Bertz CT molecular complexity index is 1020. The number of nitrogens with one attached hydrogen (secondary N) is 1. The minimum absolute atomic E-state index is 0.0312.